The molecule has 170 valence electrons. The summed E-state index contributed by atoms with van der Waals surface area (Å²) < 4.78 is -0.575. The van der Waals surface area contributed by atoms with Crippen LogP contribution in [0.3, 0.4) is 0 Å². The largest absolute Gasteiger partial charge is 0.394 e. The predicted molar refractivity (Wildman–Crippen MR) is 118 cm³/mol. The fraction of sp³-hybridized carbons (Fsp3) is 0.864. The second-order valence-electron chi connectivity index (χ2n) is 9.23. The summed E-state index contributed by atoms with van der Waals surface area (Å²) in [5.41, 5.74) is 0. The van der Waals surface area contributed by atoms with E-state index in [2.05, 4.69) is 17.6 Å². The number of carbonyl (C=O) groups excluding carboxylic acids is 3. The number of unbranched alkanes of at least 4 members (excludes halogenated alkanes) is 1. The third kappa shape index (κ3) is 3.74. The molecule has 2 bridgehead atoms. The maximum absolute atomic E-state index is 13.8. The number of hydrogen-bond acceptors (Lipinski definition) is 5. The summed E-state index contributed by atoms with van der Waals surface area (Å²) in [6.45, 7) is 8.98. The van der Waals surface area contributed by atoms with Crippen molar-refractivity contribution in [3.63, 3.8) is 0 Å². The molecule has 0 aromatic rings. The van der Waals surface area contributed by atoms with Gasteiger partial charge in [-0.05, 0) is 31.6 Å². The van der Waals surface area contributed by atoms with Crippen molar-refractivity contribution in [1.29, 1.82) is 0 Å². The fourth-order valence-corrected chi connectivity index (χ4v) is 7.73. The summed E-state index contributed by atoms with van der Waals surface area (Å²) in [4.78, 5) is 41.8. The first-order chi connectivity index (χ1) is 14.3. The molecule has 3 N–H and O–H groups in total. The van der Waals surface area contributed by atoms with Gasteiger partial charge >= 0.3 is 0 Å². The predicted octanol–water partition coefficient (Wildman–Crippen LogP) is 1.54. The molecule has 0 saturated carbocycles. The zero-order valence-electron chi connectivity index (χ0n) is 18.6. The van der Waals surface area contributed by atoms with Crippen LogP contribution < -0.4 is 10.6 Å². The Morgan fingerprint density at radius 2 is 1.90 bits per heavy atom. The monoisotopic (exact) mass is 439 g/mol. The van der Waals surface area contributed by atoms with Crippen LogP contribution in [-0.4, -0.2) is 69.5 Å². The van der Waals surface area contributed by atoms with Crippen molar-refractivity contribution in [3.8, 4) is 0 Å². The molecule has 3 aliphatic rings. The first-order valence-corrected chi connectivity index (χ1v) is 12.4. The molecule has 7 nitrogen and oxygen atoms in total. The van der Waals surface area contributed by atoms with Crippen molar-refractivity contribution >= 4 is 29.5 Å². The van der Waals surface area contributed by atoms with Crippen LogP contribution in [0.4, 0.5) is 0 Å². The van der Waals surface area contributed by atoms with Crippen molar-refractivity contribution in [2.45, 2.75) is 81.9 Å². The summed E-state index contributed by atoms with van der Waals surface area (Å²) in [6, 6.07) is -1.07. The van der Waals surface area contributed by atoms with Crippen LogP contribution in [0.25, 0.3) is 0 Å². The van der Waals surface area contributed by atoms with Crippen molar-refractivity contribution in [1.82, 2.24) is 15.5 Å². The number of amides is 3. The molecular weight excluding hydrogens is 402 g/mol. The quantitative estimate of drug-likeness (QED) is 0.449. The lowest BCUT2D eigenvalue weighted by atomic mass is 9.70. The molecule has 1 spiro atoms. The van der Waals surface area contributed by atoms with Crippen LogP contribution >= 0.6 is 11.8 Å². The summed E-state index contributed by atoms with van der Waals surface area (Å²) in [5, 5.41) is 16.2. The van der Waals surface area contributed by atoms with Gasteiger partial charge in [0.25, 0.3) is 0 Å². The van der Waals surface area contributed by atoms with E-state index in [1.165, 1.54) is 0 Å². The second-order valence-corrected chi connectivity index (χ2v) is 10.8. The van der Waals surface area contributed by atoms with E-state index in [1.807, 2.05) is 20.8 Å². The first kappa shape index (κ1) is 23.4. The van der Waals surface area contributed by atoms with E-state index >= 15 is 0 Å². The van der Waals surface area contributed by atoms with Gasteiger partial charge in [0, 0.05) is 18.3 Å². The highest BCUT2D eigenvalue weighted by Gasteiger charge is 2.74. The molecule has 6 atom stereocenters. The first-order valence-electron chi connectivity index (χ1n) is 11.5. The van der Waals surface area contributed by atoms with E-state index in [9.17, 15) is 19.5 Å². The van der Waals surface area contributed by atoms with Crippen LogP contribution in [0.1, 0.15) is 59.8 Å². The number of rotatable bonds is 10. The van der Waals surface area contributed by atoms with E-state index in [0.717, 1.165) is 32.1 Å². The number of thioether (sulfide) groups is 1. The number of nitrogens with zero attached hydrogens (tertiary/aromatic N) is 1. The van der Waals surface area contributed by atoms with Crippen molar-refractivity contribution in [3.05, 3.63) is 0 Å². The Balaban J connectivity index is 1.97. The highest BCUT2D eigenvalue weighted by molar-refractivity contribution is 8.02. The van der Waals surface area contributed by atoms with Gasteiger partial charge in [0.1, 0.15) is 6.04 Å². The summed E-state index contributed by atoms with van der Waals surface area (Å²) >= 11 is 1.68. The molecule has 0 aromatic heterocycles. The molecule has 3 amide bonds. The molecule has 3 fully saturated rings. The van der Waals surface area contributed by atoms with E-state index in [-0.39, 0.29) is 35.5 Å². The van der Waals surface area contributed by atoms with Crippen molar-refractivity contribution in [2.75, 3.05) is 19.7 Å². The highest BCUT2D eigenvalue weighted by Crippen LogP contribution is 2.66. The Hall–Kier alpha value is -1.28. The van der Waals surface area contributed by atoms with Gasteiger partial charge in [-0.15, -0.1) is 11.8 Å². The Morgan fingerprint density at radius 1 is 1.20 bits per heavy atom. The number of nitrogens with one attached hydrogen (secondary N) is 2. The van der Waals surface area contributed by atoms with E-state index in [1.54, 1.807) is 16.7 Å². The summed E-state index contributed by atoms with van der Waals surface area (Å²) in [6.07, 6.45) is 4.30. The molecule has 30 heavy (non-hydrogen) atoms. The number of fused-ring (bicyclic) bond motifs is 1. The van der Waals surface area contributed by atoms with Gasteiger partial charge in [0.2, 0.25) is 17.7 Å². The van der Waals surface area contributed by atoms with E-state index < -0.39 is 28.7 Å². The van der Waals surface area contributed by atoms with Crippen LogP contribution in [-0.2, 0) is 14.4 Å². The van der Waals surface area contributed by atoms with Gasteiger partial charge in [-0.25, -0.2) is 0 Å². The molecule has 3 aliphatic heterocycles. The molecule has 0 aliphatic carbocycles. The minimum atomic E-state index is -0.634. The van der Waals surface area contributed by atoms with E-state index in [0.29, 0.717) is 13.1 Å². The SMILES string of the molecule is CCCCNC(=O)C1N([C@@H](CO)C(C)C)C(=O)[C@@H]2[C@@H](C(=O)NCCC)[C@H]3CCC12S3. The number of aliphatic hydroxyl groups excluding tert-OH is 1. The zero-order valence-corrected chi connectivity index (χ0v) is 19.5. The smallest absolute Gasteiger partial charge is 0.244 e. The standard InChI is InChI=1S/C22H37N3O4S/c1-5-7-11-24-20(28)18-22-9-8-15(30-22)16(19(27)23-10-6-2)17(22)21(29)25(18)14(12-26)13(3)4/h13-18,26H,5-12H2,1-4H3,(H,23,27)(H,24,28)/t14-,15+,16-,17-,18?,22?/m0/s1. The normalized spacial score (nSPS) is 33.1. The summed E-state index contributed by atoms with van der Waals surface area (Å²) in [7, 11) is 0. The zero-order chi connectivity index (χ0) is 22.1. The highest BCUT2D eigenvalue weighted by atomic mass is 32.2. The van der Waals surface area contributed by atoms with Gasteiger partial charge in [0.15, 0.2) is 0 Å². The minimum Gasteiger partial charge on any atom is -0.394 e. The Labute approximate surface area is 184 Å². The number of aliphatic hydroxyl groups is 1. The van der Waals surface area contributed by atoms with Crippen molar-refractivity contribution < 1.29 is 19.5 Å². The van der Waals surface area contributed by atoms with Crippen LogP contribution in [0.15, 0.2) is 0 Å². The summed E-state index contributed by atoms with van der Waals surface area (Å²) in [5.74, 6) is -1.22. The molecule has 8 heteroatoms. The molecular formula is C22H37N3O4S. The number of likely N-dealkylation sites (tertiary alicyclic amines) is 1. The molecule has 0 radical (unpaired) electrons. The second kappa shape index (κ2) is 9.47. The topological polar surface area (TPSA) is 98.7 Å². The molecule has 0 aromatic carbocycles. The molecule has 3 rings (SSSR count). The van der Waals surface area contributed by atoms with Gasteiger partial charge in [-0.1, -0.05) is 34.1 Å². The lowest BCUT2D eigenvalue weighted by Gasteiger charge is -2.38. The maximum atomic E-state index is 13.8. The van der Waals surface area contributed by atoms with Gasteiger partial charge in [-0.2, -0.15) is 0 Å². The third-order valence-electron chi connectivity index (χ3n) is 6.98. The van der Waals surface area contributed by atoms with Gasteiger partial charge in [-0.3, -0.25) is 14.4 Å². The van der Waals surface area contributed by atoms with Crippen LogP contribution in [0.5, 0.6) is 0 Å². The van der Waals surface area contributed by atoms with Crippen LogP contribution in [0, 0.1) is 17.8 Å². The number of hydrogen-bond donors (Lipinski definition) is 3. The minimum absolute atomic E-state index is 0.00897. The Kier molecular flexibility index (Phi) is 7.38. The third-order valence-corrected chi connectivity index (χ3v) is 8.93. The molecule has 3 heterocycles. The average Bonchev–Trinajstić information content (AvgIpc) is 3.34. The van der Waals surface area contributed by atoms with Gasteiger partial charge < -0.3 is 20.6 Å². The average molecular weight is 440 g/mol. The lowest BCUT2D eigenvalue weighted by Crippen LogP contribution is -2.57. The number of carbonyl (C=O) groups is 3. The van der Waals surface area contributed by atoms with Gasteiger partial charge in [0.05, 0.1) is 29.2 Å². The fourth-order valence-electron chi connectivity index (χ4n) is 5.52. The molecule has 3 saturated heterocycles. The molecule has 2 unspecified atom stereocenters. The Bertz CT molecular complexity index is 673. The van der Waals surface area contributed by atoms with Crippen LogP contribution in [0.2, 0.25) is 0 Å². The lowest BCUT2D eigenvalue weighted by molar-refractivity contribution is -0.143. The maximum Gasteiger partial charge on any atom is 0.244 e. The Morgan fingerprint density at radius 3 is 2.50 bits per heavy atom. The van der Waals surface area contributed by atoms with E-state index in [4.69, 9.17) is 0 Å². The van der Waals surface area contributed by atoms with Crippen molar-refractivity contribution in [2.24, 2.45) is 17.8 Å².